The fourth-order valence-electron chi connectivity index (χ4n) is 6.01. The van der Waals surface area contributed by atoms with E-state index >= 15 is 0 Å². The van der Waals surface area contributed by atoms with Gasteiger partial charge in [0.15, 0.2) is 0 Å². The highest BCUT2D eigenvalue weighted by Crippen LogP contribution is 2.43. The highest BCUT2D eigenvalue weighted by atomic mass is 19.1. The zero-order valence-electron chi connectivity index (χ0n) is 16.8. The Labute approximate surface area is 174 Å². The smallest absolute Gasteiger partial charge is 0.267 e. The van der Waals surface area contributed by atoms with Crippen LogP contribution in [0.2, 0.25) is 0 Å². The van der Waals surface area contributed by atoms with E-state index in [1.54, 1.807) is 12.1 Å². The van der Waals surface area contributed by atoms with Gasteiger partial charge in [0.05, 0.1) is 0 Å². The first-order valence-corrected chi connectivity index (χ1v) is 10.7. The number of hydrogen-bond donors (Lipinski definition) is 2. The first-order chi connectivity index (χ1) is 14.6. The standard InChI is InChI=1S/C24H25FN4O/c25-19-6-7-20-16(10-19)11-21(26-20)23(30)27-22-17-12-28-8-9-29(13-17)15-24(22,14-28)18-4-2-1-3-5-18/h1-7,10-11,17,22,26H,8-9,12-15H2,(H,27,30)/t17?,22-,24?/m1/s1. The van der Waals surface area contributed by atoms with Gasteiger partial charge >= 0.3 is 0 Å². The minimum atomic E-state index is -0.295. The van der Waals surface area contributed by atoms with Crippen LogP contribution >= 0.6 is 0 Å². The number of rotatable bonds is 3. The molecular weight excluding hydrogens is 379 g/mol. The van der Waals surface area contributed by atoms with E-state index in [0.29, 0.717) is 11.6 Å². The van der Waals surface area contributed by atoms with E-state index in [1.807, 2.05) is 0 Å². The van der Waals surface area contributed by atoms with E-state index in [0.717, 1.165) is 50.2 Å². The molecule has 2 aromatic carbocycles. The number of carbonyl (C=O) groups is 1. The van der Waals surface area contributed by atoms with Crippen LogP contribution in [0.15, 0.2) is 54.6 Å². The summed E-state index contributed by atoms with van der Waals surface area (Å²) in [5.74, 6) is -0.0130. The Hall–Kier alpha value is -2.70. The third-order valence-corrected chi connectivity index (χ3v) is 7.26. The van der Waals surface area contributed by atoms with E-state index < -0.39 is 0 Å². The molecule has 5 nitrogen and oxygen atoms in total. The van der Waals surface area contributed by atoms with Crippen molar-refractivity contribution in [2.45, 2.75) is 11.5 Å². The number of fused-ring (bicyclic) bond motifs is 2. The highest BCUT2D eigenvalue weighted by molar-refractivity contribution is 5.98. The number of aromatic amines is 1. The van der Waals surface area contributed by atoms with Crippen molar-refractivity contribution in [3.63, 3.8) is 0 Å². The van der Waals surface area contributed by atoms with Gasteiger partial charge in [-0.15, -0.1) is 0 Å². The number of carbonyl (C=O) groups excluding carboxylic acids is 1. The second kappa shape index (κ2) is 6.65. The number of amides is 1. The average Bonchev–Trinajstić information content (AvgIpc) is 3.01. The van der Waals surface area contributed by atoms with Crippen LogP contribution < -0.4 is 5.32 Å². The van der Waals surface area contributed by atoms with Gasteiger partial charge in [-0.3, -0.25) is 4.79 Å². The van der Waals surface area contributed by atoms with Crippen molar-refractivity contribution in [1.82, 2.24) is 20.1 Å². The Balaban J connectivity index is 1.37. The second-order valence-electron chi connectivity index (χ2n) is 9.12. The van der Waals surface area contributed by atoms with Gasteiger partial charge in [-0.1, -0.05) is 30.3 Å². The van der Waals surface area contributed by atoms with Crippen LogP contribution in [0, 0.1) is 11.7 Å². The molecule has 30 heavy (non-hydrogen) atoms. The molecule has 0 aliphatic carbocycles. The van der Waals surface area contributed by atoms with Crippen molar-refractivity contribution in [3.05, 3.63) is 71.7 Å². The highest BCUT2D eigenvalue weighted by Gasteiger charge is 2.55. The summed E-state index contributed by atoms with van der Waals surface area (Å²) in [6, 6.07) is 17.0. The lowest BCUT2D eigenvalue weighted by atomic mass is 9.64. The molecule has 4 saturated heterocycles. The quantitative estimate of drug-likeness (QED) is 0.706. The molecule has 4 aliphatic rings. The van der Waals surface area contributed by atoms with Gasteiger partial charge in [0, 0.05) is 67.5 Å². The number of H-pyrrole nitrogens is 1. The van der Waals surface area contributed by atoms with Gasteiger partial charge < -0.3 is 20.1 Å². The summed E-state index contributed by atoms with van der Waals surface area (Å²) >= 11 is 0. The van der Waals surface area contributed by atoms with Crippen LogP contribution in [-0.4, -0.2) is 66.0 Å². The zero-order chi connectivity index (χ0) is 20.3. The molecule has 0 saturated carbocycles. The fraction of sp³-hybridized carbons (Fsp3) is 0.375. The maximum atomic E-state index is 13.6. The zero-order valence-corrected chi connectivity index (χ0v) is 16.8. The Morgan fingerprint density at radius 1 is 1.03 bits per heavy atom. The predicted molar refractivity (Wildman–Crippen MR) is 114 cm³/mol. The number of nitrogens with zero attached hydrogens (tertiary/aromatic N) is 2. The summed E-state index contributed by atoms with van der Waals surface area (Å²) in [6.45, 7) is 6.17. The molecule has 0 spiro atoms. The van der Waals surface area contributed by atoms with Crippen molar-refractivity contribution in [1.29, 1.82) is 0 Å². The number of piperidine rings is 2. The lowest BCUT2D eigenvalue weighted by Crippen LogP contribution is -2.70. The van der Waals surface area contributed by atoms with Crippen LogP contribution in [0.25, 0.3) is 10.9 Å². The molecule has 1 amide bonds. The van der Waals surface area contributed by atoms with Crippen LogP contribution in [-0.2, 0) is 5.41 Å². The van der Waals surface area contributed by atoms with E-state index in [2.05, 4.69) is 50.4 Å². The van der Waals surface area contributed by atoms with E-state index in [1.165, 1.54) is 17.7 Å². The molecule has 7 rings (SSSR count). The minimum Gasteiger partial charge on any atom is -0.351 e. The summed E-state index contributed by atoms with van der Waals surface area (Å²) in [5.41, 5.74) is 2.45. The fourth-order valence-corrected chi connectivity index (χ4v) is 6.01. The Morgan fingerprint density at radius 2 is 1.77 bits per heavy atom. The summed E-state index contributed by atoms with van der Waals surface area (Å²) < 4.78 is 13.6. The molecule has 3 atom stereocenters. The molecule has 4 bridgehead atoms. The Morgan fingerprint density at radius 3 is 2.50 bits per heavy atom. The van der Waals surface area contributed by atoms with E-state index in [4.69, 9.17) is 0 Å². The van der Waals surface area contributed by atoms with Crippen molar-refractivity contribution in [2.75, 3.05) is 39.3 Å². The monoisotopic (exact) mass is 404 g/mol. The van der Waals surface area contributed by atoms with Gasteiger partial charge in [0.1, 0.15) is 11.5 Å². The van der Waals surface area contributed by atoms with Gasteiger partial charge in [0.2, 0.25) is 0 Å². The number of nitrogens with one attached hydrogen (secondary N) is 2. The van der Waals surface area contributed by atoms with E-state index in [9.17, 15) is 9.18 Å². The molecule has 3 aromatic rings. The maximum Gasteiger partial charge on any atom is 0.267 e. The molecule has 2 unspecified atom stereocenters. The maximum absolute atomic E-state index is 13.6. The minimum absolute atomic E-state index is 0.0705. The molecule has 154 valence electrons. The SMILES string of the molecule is O=C(N[C@@H]1C2CN3CCN(C2)CC1(c1ccccc1)C3)c1cc2cc(F)ccc2[nH]1. The topological polar surface area (TPSA) is 51.4 Å². The molecule has 6 heteroatoms. The van der Waals surface area contributed by atoms with E-state index in [-0.39, 0.29) is 23.2 Å². The normalized spacial score (nSPS) is 32.3. The number of hydrogen-bond acceptors (Lipinski definition) is 3. The number of halogens is 1. The molecule has 0 radical (unpaired) electrons. The summed E-state index contributed by atoms with van der Waals surface area (Å²) in [6.07, 6.45) is 0. The van der Waals surface area contributed by atoms with Crippen molar-refractivity contribution in [3.8, 4) is 0 Å². The average molecular weight is 404 g/mol. The second-order valence-corrected chi connectivity index (χ2v) is 9.12. The molecule has 4 fully saturated rings. The third-order valence-electron chi connectivity index (χ3n) is 7.26. The van der Waals surface area contributed by atoms with Crippen molar-refractivity contribution >= 4 is 16.8 Å². The molecule has 4 aliphatic heterocycles. The lowest BCUT2D eigenvalue weighted by molar-refractivity contribution is 0.0179. The predicted octanol–water partition coefficient (Wildman–Crippen LogP) is 2.60. The van der Waals surface area contributed by atoms with Crippen LogP contribution in [0.4, 0.5) is 4.39 Å². The van der Waals surface area contributed by atoms with Crippen LogP contribution in [0.5, 0.6) is 0 Å². The molecular formula is C24H25FN4O. The van der Waals surface area contributed by atoms with Gasteiger partial charge in [-0.05, 0) is 29.8 Å². The summed E-state index contributed by atoms with van der Waals surface area (Å²) in [7, 11) is 0. The lowest BCUT2D eigenvalue weighted by Gasteiger charge is -2.55. The Bertz CT molecular complexity index is 1090. The first-order valence-electron chi connectivity index (χ1n) is 10.7. The molecule has 5 heterocycles. The Kier molecular flexibility index (Phi) is 4.01. The number of benzene rings is 2. The number of aromatic nitrogens is 1. The summed E-state index contributed by atoms with van der Waals surface area (Å²) in [5, 5.41) is 4.12. The van der Waals surface area contributed by atoms with Crippen LogP contribution in [0.1, 0.15) is 16.1 Å². The van der Waals surface area contributed by atoms with Crippen molar-refractivity contribution < 1.29 is 9.18 Å². The van der Waals surface area contributed by atoms with Gasteiger partial charge in [-0.2, -0.15) is 0 Å². The van der Waals surface area contributed by atoms with Crippen LogP contribution in [0.3, 0.4) is 0 Å². The van der Waals surface area contributed by atoms with Gasteiger partial charge in [0.25, 0.3) is 5.91 Å². The van der Waals surface area contributed by atoms with Gasteiger partial charge in [-0.25, -0.2) is 4.39 Å². The first kappa shape index (κ1) is 18.1. The van der Waals surface area contributed by atoms with Crippen molar-refractivity contribution in [2.24, 2.45) is 5.92 Å². The third kappa shape index (κ3) is 2.78. The molecule has 1 aromatic heterocycles. The largest absolute Gasteiger partial charge is 0.351 e. The summed E-state index contributed by atoms with van der Waals surface area (Å²) in [4.78, 5) is 21.6. The molecule has 2 N–H and O–H groups in total.